The van der Waals surface area contributed by atoms with Crippen molar-refractivity contribution in [3.8, 4) is 11.5 Å². The second-order valence-electron chi connectivity index (χ2n) is 6.79. The molecule has 1 N–H and O–H groups in total. The van der Waals surface area contributed by atoms with E-state index in [1.54, 1.807) is 0 Å². The van der Waals surface area contributed by atoms with Crippen LogP contribution in [0, 0.1) is 0 Å². The molecule has 1 atom stereocenters. The highest BCUT2D eigenvalue weighted by Gasteiger charge is 2.22. The molecule has 1 saturated heterocycles. The SMILES string of the molecule is CC[C@@H](C)c1ccccc1OCCCOc1ccccc1/C=C1\SC(=S)NC1=O. The summed E-state index contributed by atoms with van der Waals surface area (Å²) in [5, 5.41) is 2.63. The lowest BCUT2D eigenvalue weighted by atomic mass is 9.98. The van der Waals surface area contributed by atoms with E-state index in [9.17, 15) is 4.79 Å². The van der Waals surface area contributed by atoms with Crippen molar-refractivity contribution in [2.75, 3.05) is 13.2 Å². The van der Waals surface area contributed by atoms with Crippen LogP contribution in [0.25, 0.3) is 6.08 Å². The molecule has 6 heteroatoms. The number of hydrogen-bond donors (Lipinski definition) is 1. The molecule has 0 saturated carbocycles. The predicted molar refractivity (Wildman–Crippen MR) is 124 cm³/mol. The molecule has 1 fully saturated rings. The van der Waals surface area contributed by atoms with E-state index in [-0.39, 0.29) is 5.91 Å². The standard InChI is InChI=1S/C23H25NO3S2/c1-3-16(2)18-10-5-7-12-20(18)27-14-8-13-26-19-11-6-4-9-17(19)15-21-22(25)24-23(28)29-21/h4-7,9-12,15-16H,3,8,13-14H2,1-2H3,(H,24,25,28)/b21-15-/t16-/m1/s1. The monoisotopic (exact) mass is 427 g/mol. The Hall–Kier alpha value is -2.31. The molecule has 0 unspecified atom stereocenters. The molecule has 2 aromatic rings. The van der Waals surface area contributed by atoms with Crippen molar-refractivity contribution in [3.05, 3.63) is 64.6 Å². The van der Waals surface area contributed by atoms with Gasteiger partial charge in [-0.05, 0) is 36.1 Å². The van der Waals surface area contributed by atoms with Gasteiger partial charge in [0.2, 0.25) is 0 Å². The second-order valence-corrected chi connectivity index (χ2v) is 8.51. The summed E-state index contributed by atoms with van der Waals surface area (Å²) in [6.07, 6.45) is 3.66. The molecule has 1 heterocycles. The molecule has 0 aliphatic carbocycles. The normalized spacial score (nSPS) is 16.0. The summed E-state index contributed by atoms with van der Waals surface area (Å²) in [5.41, 5.74) is 2.11. The van der Waals surface area contributed by atoms with E-state index in [0.717, 1.165) is 29.9 Å². The third kappa shape index (κ3) is 5.84. The van der Waals surface area contributed by atoms with Gasteiger partial charge in [-0.15, -0.1) is 0 Å². The number of amides is 1. The number of thioether (sulfide) groups is 1. The van der Waals surface area contributed by atoms with Crippen molar-refractivity contribution in [1.29, 1.82) is 0 Å². The largest absolute Gasteiger partial charge is 0.493 e. The summed E-state index contributed by atoms with van der Waals surface area (Å²) in [5.74, 6) is 2.00. The minimum absolute atomic E-state index is 0.164. The van der Waals surface area contributed by atoms with Crippen LogP contribution in [-0.4, -0.2) is 23.4 Å². The zero-order chi connectivity index (χ0) is 20.6. The molecular weight excluding hydrogens is 402 g/mol. The highest BCUT2D eigenvalue weighted by Crippen LogP contribution is 2.30. The van der Waals surface area contributed by atoms with Gasteiger partial charge in [0.15, 0.2) is 0 Å². The number of carbonyl (C=O) groups is 1. The highest BCUT2D eigenvalue weighted by atomic mass is 32.2. The van der Waals surface area contributed by atoms with Gasteiger partial charge in [0.05, 0.1) is 18.1 Å². The van der Waals surface area contributed by atoms with Crippen molar-refractivity contribution in [1.82, 2.24) is 5.32 Å². The van der Waals surface area contributed by atoms with Gasteiger partial charge in [-0.25, -0.2) is 0 Å². The molecule has 1 aliphatic rings. The zero-order valence-electron chi connectivity index (χ0n) is 16.6. The lowest BCUT2D eigenvalue weighted by molar-refractivity contribution is -0.115. The number of ether oxygens (including phenoxy) is 2. The Morgan fingerprint density at radius 3 is 2.41 bits per heavy atom. The van der Waals surface area contributed by atoms with Crippen molar-refractivity contribution < 1.29 is 14.3 Å². The number of benzene rings is 2. The number of thiocarbonyl (C=S) groups is 1. The van der Waals surface area contributed by atoms with Crippen LogP contribution in [0.3, 0.4) is 0 Å². The molecule has 1 aliphatic heterocycles. The van der Waals surface area contributed by atoms with Crippen LogP contribution in [0.2, 0.25) is 0 Å². The fraction of sp³-hybridized carbons (Fsp3) is 0.304. The Morgan fingerprint density at radius 1 is 1.07 bits per heavy atom. The van der Waals surface area contributed by atoms with Gasteiger partial charge >= 0.3 is 0 Å². The van der Waals surface area contributed by atoms with E-state index in [4.69, 9.17) is 21.7 Å². The van der Waals surface area contributed by atoms with Crippen LogP contribution >= 0.6 is 24.0 Å². The van der Waals surface area contributed by atoms with Gasteiger partial charge in [0.1, 0.15) is 15.8 Å². The third-order valence-electron chi connectivity index (χ3n) is 4.71. The molecule has 4 nitrogen and oxygen atoms in total. The van der Waals surface area contributed by atoms with Gasteiger partial charge in [-0.3, -0.25) is 4.79 Å². The zero-order valence-corrected chi connectivity index (χ0v) is 18.3. The second kappa shape index (κ2) is 10.5. The van der Waals surface area contributed by atoms with E-state index in [2.05, 4.69) is 31.3 Å². The topological polar surface area (TPSA) is 47.6 Å². The Morgan fingerprint density at radius 2 is 1.72 bits per heavy atom. The Balaban J connectivity index is 1.54. The molecule has 2 aromatic carbocycles. The van der Waals surface area contributed by atoms with E-state index >= 15 is 0 Å². The molecular formula is C23H25NO3S2. The minimum Gasteiger partial charge on any atom is -0.493 e. The van der Waals surface area contributed by atoms with Crippen LogP contribution < -0.4 is 14.8 Å². The first-order chi connectivity index (χ1) is 14.1. The fourth-order valence-electron chi connectivity index (χ4n) is 2.96. The molecule has 0 bridgehead atoms. The summed E-state index contributed by atoms with van der Waals surface area (Å²) in [6, 6.07) is 15.9. The van der Waals surface area contributed by atoms with E-state index < -0.39 is 0 Å². The van der Waals surface area contributed by atoms with Crippen LogP contribution in [0.5, 0.6) is 11.5 Å². The molecule has 1 amide bonds. The summed E-state index contributed by atoms with van der Waals surface area (Å²) >= 11 is 6.31. The van der Waals surface area contributed by atoms with Gasteiger partial charge in [-0.2, -0.15) is 0 Å². The van der Waals surface area contributed by atoms with Gasteiger partial charge in [0.25, 0.3) is 5.91 Å². The molecule has 0 aromatic heterocycles. The maximum absolute atomic E-state index is 11.9. The molecule has 152 valence electrons. The fourth-order valence-corrected chi connectivity index (χ4v) is 3.99. The maximum Gasteiger partial charge on any atom is 0.263 e. The summed E-state index contributed by atoms with van der Waals surface area (Å²) < 4.78 is 12.4. The van der Waals surface area contributed by atoms with Gasteiger partial charge in [-0.1, -0.05) is 74.2 Å². The van der Waals surface area contributed by atoms with Crippen LogP contribution in [0.15, 0.2) is 53.4 Å². The van der Waals surface area contributed by atoms with E-state index in [0.29, 0.717) is 28.4 Å². The van der Waals surface area contributed by atoms with Gasteiger partial charge < -0.3 is 14.8 Å². The summed E-state index contributed by atoms with van der Waals surface area (Å²) in [4.78, 5) is 12.5. The van der Waals surface area contributed by atoms with Crippen molar-refractivity contribution in [2.24, 2.45) is 0 Å². The predicted octanol–water partition coefficient (Wildman–Crippen LogP) is 5.54. The van der Waals surface area contributed by atoms with Crippen molar-refractivity contribution in [3.63, 3.8) is 0 Å². The van der Waals surface area contributed by atoms with Crippen LogP contribution in [-0.2, 0) is 4.79 Å². The van der Waals surface area contributed by atoms with Crippen molar-refractivity contribution in [2.45, 2.75) is 32.6 Å². The molecule has 3 rings (SSSR count). The quantitative estimate of drug-likeness (QED) is 0.324. The van der Waals surface area contributed by atoms with Crippen LogP contribution in [0.1, 0.15) is 43.7 Å². The van der Waals surface area contributed by atoms with Gasteiger partial charge in [0, 0.05) is 12.0 Å². The summed E-state index contributed by atoms with van der Waals surface area (Å²) in [7, 11) is 0. The molecule has 0 radical (unpaired) electrons. The summed E-state index contributed by atoms with van der Waals surface area (Å²) in [6.45, 7) is 5.52. The Labute approximate surface area is 181 Å². The highest BCUT2D eigenvalue weighted by molar-refractivity contribution is 8.26. The van der Waals surface area contributed by atoms with Crippen molar-refractivity contribution >= 4 is 40.3 Å². The smallest absolute Gasteiger partial charge is 0.263 e. The van der Waals surface area contributed by atoms with E-state index in [1.807, 2.05) is 42.5 Å². The van der Waals surface area contributed by atoms with Crippen LogP contribution in [0.4, 0.5) is 0 Å². The molecule has 29 heavy (non-hydrogen) atoms. The minimum atomic E-state index is -0.164. The number of nitrogens with one attached hydrogen (secondary N) is 1. The number of hydrogen-bond acceptors (Lipinski definition) is 5. The number of para-hydroxylation sites is 2. The maximum atomic E-state index is 11.9. The lowest BCUT2D eigenvalue weighted by Crippen LogP contribution is -2.17. The number of rotatable bonds is 9. The molecule has 0 spiro atoms. The first-order valence-corrected chi connectivity index (χ1v) is 11.0. The average Bonchev–Trinajstić information content (AvgIpc) is 3.05. The number of carbonyl (C=O) groups excluding carboxylic acids is 1. The van der Waals surface area contributed by atoms with E-state index in [1.165, 1.54) is 17.3 Å². The lowest BCUT2D eigenvalue weighted by Gasteiger charge is -2.16. The first kappa shape index (κ1) is 21.4. The Bertz CT molecular complexity index is 911. The first-order valence-electron chi connectivity index (χ1n) is 9.77. The third-order valence-corrected chi connectivity index (χ3v) is 5.88. The average molecular weight is 428 g/mol. The Kier molecular flexibility index (Phi) is 7.72.